The van der Waals surface area contributed by atoms with Crippen molar-refractivity contribution in [2.75, 3.05) is 30.2 Å². The third-order valence-corrected chi connectivity index (χ3v) is 4.62. The third kappa shape index (κ3) is 6.22. The molecular formula is C16H23F3N2O3S. The highest BCUT2D eigenvalue weighted by Crippen LogP contribution is 2.32. The summed E-state index contributed by atoms with van der Waals surface area (Å²) in [5.74, 6) is -0.438. The molecule has 0 aliphatic heterocycles. The summed E-state index contributed by atoms with van der Waals surface area (Å²) in [6.07, 6.45) is -2.33. The summed E-state index contributed by atoms with van der Waals surface area (Å²) >= 11 is 0. The number of nitrogens with zero attached hydrogens (tertiary/aromatic N) is 2. The molecule has 0 aliphatic rings. The number of rotatable bonds is 8. The molecule has 0 saturated heterocycles. The summed E-state index contributed by atoms with van der Waals surface area (Å²) in [6, 6.07) is 3.95. The second-order valence-electron chi connectivity index (χ2n) is 5.70. The molecule has 0 atom stereocenters. The van der Waals surface area contributed by atoms with Gasteiger partial charge in [0, 0.05) is 13.1 Å². The van der Waals surface area contributed by atoms with Gasteiger partial charge in [-0.15, -0.1) is 0 Å². The quantitative estimate of drug-likeness (QED) is 0.696. The zero-order chi connectivity index (χ0) is 19.3. The van der Waals surface area contributed by atoms with Crippen LogP contribution in [0.3, 0.4) is 0 Å². The van der Waals surface area contributed by atoms with Crippen molar-refractivity contribution in [2.24, 2.45) is 0 Å². The molecule has 0 aliphatic carbocycles. The standard InChI is InChI=1S/C16H23F3N2O3S/c1-4-9-20(10-5-2)15(22)12-21(25(3,23)24)14-8-6-7-13(11-14)16(17,18)19/h6-8,11H,4-5,9-10,12H2,1-3H3. The van der Waals surface area contributed by atoms with Crippen molar-refractivity contribution in [2.45, 2.75) is 32.9 Å². The maximum Gasteiger partial charge on any atom is 0.416 e. The van der Waals surface area contributed by atoms with Crippen LogP contribution in [0.5, 0.6) is 0 Å². The van der Waals surface area contributed by atoms with Crippen molar-refractivity contribution in [3.05, 3.63) is 29.8 Å². The lowest BCUT2D eigenvalue weighted by Gasteiger charge is -2.27. The van der Waals surface area contributed by atoms with Gasteiger partial charge in [0.05, 0.1) is 17.5 Å². The van der Waals surface area contributed by atoms with Gasteiger partial charge in [-0.25, -0.2) is 8.42 Å². The van der Waals surface area contributed by atoms with E-state index in [1.54, 1.807) is 0 Å². The topological polar surface area (TPSA) is 57.7 Å². The van der Waals surface area contributed by atoms with Crippen LogP contribution in [-0.4, -0.2) is 45.1 Å². The van der Waals surface area contributed by atoms with Crippen LogP contribution in [0.25, 0.3) is 0 Å². The van der Waals surface area contributed by atoms with Crippen molar-refractivity contribution in [1.82, 2.24) is 4.90 Å². The van der Waals surface area contributed by atoms with E-state index in [0.717, 1.165) is 24.5 Å². The predicted molar refractivity (Wildman–Crippen MR) is 90.8 cm³/mol. The van der Waals surface area contributed by atoms with Crippen molar-refractivity contribution in [3.63, 3.8) is 0 Å². The highest BCUT2D eigenvalue weighted by atomic mass is 32.2. The minimum Gasteiger partial charge on any atom is -0.341 e. The first kappa shape index (κ1) is 21.3. The molecule has 5 nitrogen and oxygen atoms in total. The average Bonchev–Trinajstić information content (AvgIpc) is 2.50. The van der Waals surface area contributed by atoms with Crippen molar-refractivity contribution < 1.29 is 26.4 Å². The van der Waals surface area contributed by atoms with E-state index in [-0.39, 0.29) is 5.69 Å². The van der Waals surface area contributed by atoms with Crippen LogP contribution in [0.15, 0.2) is 24.3 Å². The molecule has 0 radical (unpaired) electrons. The van der Waals surface area contributed by atoms with Crippen LogP contribution in [0.1, 0.15) is 32.3 Å². The lowest BCUT2D eigenvalue weighted by atomic mass is 10.2. The fourth-order valence-electron chi connectivity index (χ4n) is 2.36. The summed E-state index contributed by atoms with van der Waals surface area (Å²) in [5.41, 5.74) is -1.15. The fraction of sp³-hybridized carbons (Fsp3) is 0.562. The minimum atomic E-state index is -4.60. The van der Waals surface area contributed by atoms with Gasteiger partial charge in [0.1, 0.15) is 6.54 Å². The van der Waals surface area contributed by atoms with Crippen molar-refractivity contribution in [1.29, 1.82) is 0 Å². The molecule has 0 bridgehead atoms. The van der Waals surface area contributed by atoms with Gasteiger partial charge in [-0.05, 0) is 31.0 Å². The van der Waals surface area contributed by atoms with Gasteiger partial charge in [0.25, 0.3) is 0 Å². The summed E-state index contributed by atoms with van der Waals surface area (Å²) in [4.78, 5) is 14.0. The first-order valence-electron chi connectivity index (χ1n) is 7.93. The smallest absolute Gasteiger partial charge is 0.341 e. The molecule has 1 aromatic carbocycles. The zero-order valence-corrected chi connectivity index (χ0v) is 15.3. The van der Waals surface area contributed by atoms with E-state index in [0.29, 0.717) is 30.2 Å². The van der Waals surface area contributed by atoms with Gasteiger partial charge in [-0.2, -0.15) is 13.2 Å². The van der Waals surface area contributed by atoms with E-state index >= 15 is 0 Å². The van der Waals surface area contributed by atoms with Crippen LogP contribution in [-0.2, 0) is 21.0 Å². The van der Waals surface area contributed by atoms with Crippen LogP contribution in [0.2, 0.25) is 0 Å². The number of halogens is 3. The Labute approximate surface area is 146 Å². The average molecular weight is 380 g/mol. The van der Waals surface area contributed by atoms with Crippen LogP contribution >= 0.6 is 0 Å². The fourth-order valence-corrected chi connectivity index (χ4v) is 3.20. The number of carbonyl (C=O) groups excluding carboxylic acids is 1. The number of sulfonamides is 1. The number of hydrogen-bond acceptors (Lipinski definition) is 3. The van der Waals surface area contributed by atoms with Gasteiger partial charge in [-0.3, -0.25) is 9.10 Å². The Morgan fingerprint density at radius 2 is 1.68 bits per heavy atom. The molecule has 0 spiro atoms. The Morgan fingerprint density at radius 1 is 1.12 bits per heavy atom. The minimum absolute atomic E-state index is 0.182. The van der Waals surface area contributed by atoms with Crippen molar-refractivity contribution in [3.8, 4) is 0 Å². The maximum atomic E-state index is 12.9. The number of amides is 1. The molecule has 9 heteroatoms. The molecule has 0 heterocycles. The molecular weight excluding hydrogens is 357 g/mol. The van der Waals surface area contributed by atoms with Gasteiger partial charge in [0.15, 0.2) is 0 Å². The second-order valence-corrected chi connectivity index (χ2v) is 7.61. The Morgan fingerprint density at radius 3 is 2.12 bits per heavy atom. The summed E-state index contributed by atoms with van der Waals surface area (Å²) in [5, 5.41) is 0. The molecule has 1 aromatic rings. The van der Waals surface area contributed by atoms with E-state index in [4.69, 9.17) is 0 Å². The SMILES string of the molecule is CCCN(CCC)C(=O)CN(c1cccc(C(F)(F)F)c1)S(C)(=O)=O. The van der Waals surface area contributed by atoms with E-state index in [9.17, 15) is 26.4 Å². The van der Waals surface area contributed by atoms with Gasteiger partial charge < -0.3 is 4.90 Å². The highest BCUT2D eigenvalue weighted by Gasteiger charge is 2.32. The second kappa shape index (κ2) is 8.55. The van der Waals surface area contributed by atoms with Crippen LogP contribution in [0, 0.1) is 0 Å². The molecule has 1 rings (SSSR count). The highest BCUT2D eigenvalue weighted by molar-refractivity contribution is 7.92. The Hall–Kier alpha value is -1.77. The van der Waals surface area contributed by atoms with Gasteiger partial charge in [-0.1, -0.05) is 19.9 Å². The zero-order valence-electron chi connectivity index (χ0n) is 14.5. The van der Waals surface area contributed by atoms with Crippen LogP contribution in [0.4, 0.5) is 18.9 Å². The van der Waals surface area contributed by atoms with E-state index < -0.39 is 34.2 Å². The van der Waals surface area contributed by atoms with E-state index in [2.05, 4.69) is 0 Å². The molecule has 0 saturated carbocycles. The van der Waals surface area contributed by atoms with Gasteiger partial charge >= 0.3 is 6.18 Å². The first-order chi connectivity index (χ1) is 11.5. The third-order valence-electron chi connectivity index (χ3n) is 3.48. The largest absolute Gasteiger partial charge is 0.416 e. The summed E-state index contributed by atoms with van der Waals surface area (Å²) in [6.45, 7) is 4.17. The normalized spacial score (nSPS) is 12.1. The number of carbonyl (C=O) groups is 1. The Kier molecular flexibility index (Phi) is 7.28. The molecule has 0 N–H and O–H groups in total. The lowest BCUT2D eigenvalue weighted by molar-refractivity contribution is -0.137. The Balaban J connectivity index is 3.17. The number of hydrogen-bond donors (Lipinski definition) is 0. The van der Waals surface area contributed by atoms with Crippen LogP contribution < -0.4 is 4.31 Å². The molecule has 1 amide bonds. The van der Waals surface area contributed by atoms with E-state index in [1.165, 1.54) is 11.0 Å². The summed E-state index contributed by atoms with van der Waals surface area (Å²) < 4.78 is 63.4. The number of anilines is 1. The molecule has 0 aromatic heterocycles. The first-order valence-corrected chi connectivity index (χ1v) is 9.78. The monoisotopic (exact) mass is 380 g/mol. The van der Waals surface area contributed by atoms with Crippen molar-refractivity contribution >= 4 is 21.6 Å². The molecule has 142 valence electrons. The lowest BCUT2D eigenvalue weighted by Crippen LogP contribution is -2.43. The van der Waals surface area contributed by atoms with E-state index in [1.807, 2.05) is 13.8 Å². The molecule has 0 unspecified atom stereocenters. The maximum absolute atomic E-state index is 12.9. The number of benzene rings is 1. The Bertz CT molecular complexity index is 684. The molecule has 25 heavy (non-hydrogen) atoms. The number of alkyl halides is 3. The summed E-state index contributed by atoms with van der Waals surface area (Å²) in [7, 11) is -3.92. The predicted octanol–water partition coefficient (Wildman–Crippen LogP) is 3.12. The van der Waals surface area contributed by atoms with Gasteiger partial charge in [0.2, 0.25) is 15.9 Å². The molecule has 0 fully saturated rings.